The van der Waals surface area contributed by atoms with Gasteiger partial charge in [0.05, 0.1) is 18.5 Å². The molecule has 2 aromatic rings. The van der Waals surface area contributed by atoms with Crippen molar-refractivity contribution in [3.8, 4) is 0 Å². The predicted molar refractivity (Wildman–Crippen MR) is 79.9 cm³/mol. The highest BCUT2D eigenvalue weighted by atomic mass is 32.2. The van der Waals surface area contributed by atoms with Crippen molar-refractivity contribution in [1.29, 1.82) is 0 Å². The average molecular weight is 309 g/mol. The Hall–Kier alpha value is -1.70. The lowest BCUT2D eigenvalue weighted by atomic mass is 10.1. The summed E-state index contributed by atoms with van der Waals surface area (Å²) >= 11 is 0. The smallest absolute Gasteiger partial charge is 0.216 e. The summed E-state index contributed by atoms with van der Waals surface area (Å²) in [7, 11) is -1.55. The van der Waals surface area contributed by atoms with Crippen LogP contribution in [0, 0.1) is 6.92 Å². The molecule has 0 unspecified atom stereocenters. The Balaban J connectivity index is 1.93. The number of nitrogens with one attached hydrogen (secondary N) is 2. The highest BCUT2D eigenvalue weighted by Gasteiger charge is 2.13. The molecule has 21 heavy (non-hydrogen) atoms. The fourth-order valence-electron chi connectivity index (χ4n) is 1.88. The summed E-state index contributed by atoms with van der Waals surface area (Å²) in [5, 5.41) is 3.04. The number of benzene rings is 1. The number of hydrogen-bond donors (Lipinski definition) is 2. The number of nitrogens with zero attached hydrogens (tertiary/aromatic N) is 1. The minimum Gasteiger partial charge on any atom is -0.445 e. The molecule has 7 heteroatoms. The van der Waals surface area contributed by atoms with Crippen molar-refractivity contribution in [2.75, 3.05) is 7.05 Å². The zero-order chi connectivity index (χ0) is 15.3. The molecule has 0 saturated carbocycles. The van der Waals surface area contributed by atoms with Crippen LogP contribution in [0.4, 0.5) is 0 Å². The van der Waals surface area contributed by atoms with E-state index in [1.807, 2.05) is 31.3 Å². The quantitative estimate of drug-likeness (QED) is 0.806. The molecule has 2 rings (SSSR count). The van der Waals surface area contributed by atoms with Gasteiger partial charge in [-0.1, -0.05) is 24.3 Å². The Kier molecular flexibility index (Phi) is 5.11. The predicted octanol–water partition coefficient (Wildman–Crippen LogP) is 1.32. The van der Waals surface area contributed by atoms with E-state index in [1.165, 1.54) is 0 Å². The maximum atomic E-state index is 12.0. The molecule has 1 aromatic heterocycles. The van der Waals surface area contributed by atoms with Crippen molar-refractivity contribution >= 4 is 10.0 Å². The third-order valence-electron chi connectivity index (χ3n) is 2.87. The van der Waals surface area contributed by atoms with Crippen molar-refractivity contribution in [1.82, 2.24) is 15.0 Å². The first-order valence-corrected chi connectivity index (χ1v) is 8.25. The van der Waals surface area contributed by atoms with Gasteiger partial charge >= 0.3 is 0 Å². The van der Waals surface area contributed by atoms with Gasteiger partial charge in [-0.3, -0.25) is 0 Å². The van der Waals surface area contributed by atoms with Crippen LogP contribution in [0.2, 0.25) is 0 Å². The lowest BCUT2D eigenvalue weighted by Gasteiger charge is -2.06. The summed E-state index contributed by atoms with van der Waals surface area (Å²) < 4.78 is 31.7. The number of aromatic nitrogens is 1. The van der Waals surface area contributed by atoms with Crippen molar-refractivity contribution < 1.29 is 12.8 Å². The summed E-state index contributed by atoms with van der Waals surface area (Å²) in [5.74, 6) is 0.955. The molecular formula is C14H19N3O3S. The monoisotopic (exact) mass is 309 g/mol. The normalized spacial score (nSPS) is 11.7. The largest absolute Gasteiger partial charge is 0.445 e. The van der Waals surface area contributed by atoms with Crippen molar-refractivity contribution in [2.45, 2.75) is 25.8 Å². The lowest BCUT2D eigenvalue weighted by molar-refractivity contribution is 0.463. The molecule has 0 spiro atoms. The number of oxazole rings is 1. The van der Waals surface area contributed by atoms with Crippen LogP contribution in [0.15, 0.2) is 34.9 Å². The van der Waals surface area contributed by atoms with Crippen LogP contribution in [0.1, 0.15) is 22.8 Å². The molecule has 0 aliphatic rings. The zero-order valence-corrected chi connectivity index (χ0v) is 12.9. The summed E-state index contributed by atoms with van der Waals surface area (Å²) in [6, 6.07) is 7.47. The molecular weight excluding hydrogens is 290 g/mol. The standard InChI is InChI=1S/C14H19N3O3S/c1-11-7-16-14(20-11)9-17-21(18,19)10-13-5-3-12(4-6-13)8-15-2/h3-7,15,17H,8-10H2,1-2H3. The second-order valence-electron chi connectivity index (χ2n) is 4.79. The van der Waals surface area contributed by atoms with E-state index in [1.54, 1.807) is 13.1 Å². The highest BCUT2D eigenvalue weighted by molar-refractivity contribution is 7.88. The van der Waals surface area contributed by atoms with E-state index in [0.29, 0.717) is 11.7 Å². The molecule has 0 fully saturated rings. The first kappa shape index (κ1) is 15.7. The Labute approximate surface area is 124 Å². The molecule has 0 bridgehead atoms. The van der Waals surface area contributed by atoms with E-state index in [9.17, 15) is 8.42 Å². The second kappa shape index (κ2) is 6.84. The Morgan fingerprint density at radius 2 is 1.81 bits per heavy atom. The SMILES string of the molecule is CNCc1ccc(CS(=O)(=O)NCc2ncc(C)o2)cc1. The maximum Gasteiger partial charge on any atom is 0.216 e. The molecule has 114 valence electrons. The summed E-state index contributed by atoms with van der Waals surface area (Å²) in [6.07, 6.45) is 1.56. The van der Waals surface area contributed by atoms with Gasteiger partial charge in [0.25, 0.3) is 0 Å². The van der Waals surface area contributed by atoms with Gasteiger partial charge in [0.1, 0.15) is 5.76 Å². The minimum absolute atomic E-state index is 0.0630. The molecule has 0 aliphatic heterocycles. The first-order valence-electron chi connectivity index (χ1n) is 6.59. The van der Waals surface area contributed by atoms with E-state index in [0.717, 1.165) is 17.7 Å². The van der Waals surface area contributed by atoms with Crippen LogP contribution in [0.25, 0.3) is 0 Å². The number of hydrogen-bond acceptors (Lipinski definition) is 5. The molecule has 1 heterocycles. The fourth-order valence-corrected chi connectivity index (χ4v) is 2.96. The Bertz CT molecular complexity index is 678. The Morgan fingerprint density at radius 1 is 1.14 bits per heavy atom. The summed E-state index contributed by atoms with van der Waals surface area (Å²) in [5.41, 5.74) is 1.85. The van der Waals surface area contributed by atoms with Gasteiger partial charge in [0.2, 0.25) is 15.9 Å². The van der Waals surface area contributed by atoms with E-state index < -0.39 is 10.0 Å². The third-order valence-corrected chi connectivity index (χ3v) is 4.17. The van der Waals surface area contributed by atoms with Crippen molar-refractivity contribution in [2.24, 2.45) is 0 Å². The zero-order valence-electron chi connectivity index (χ0n) is 12.1. The van der Waals surface area contributed by atoms with Crippen molar-refractivity contribution in [3.63, 3.8) is 0 Å². The van der Waals surface area contributed by atoms with E-state index in [4.69, 9.17) is 4.42 Å². The molecule has 0 atom stereocenters. The molecule has 0 amide bonds. The minimum atomic E-state index is -3.41. The van der Waals surface area contributed by atoms with Gasteiger partial charge in [0, 0.05) is 6.54 Å². The molecule has 1 aromatic carbocycles. The van der Waals surface area contributed by atoms with Gasteiger partial charge in [-0.05, 0) is 25.1 Å². The number of sulfonamides is 1. The second-order valence-corrected chi connectivity index (χ2v) is 6.60. The molecule has 6 nitrogen and oxygen atoms in total. The number of aryl methyl sites for hydroxylation is 1. The van der Waals surface area contributed by atoms with Gasteiger partial charge in [-0.15, -0.1) is 0 Å². The molecule has 0 aliphatic carbocycles. The summed E-state index contributed by atoms with van der Waals surface area (Å²) in [6.45, 7) is 2.58. The summed E-state index contributed by atoms with van der Waals surface area (Å²) in [4.78, 5) is 3.96. The maximum absolute atomic E-state index is 12.0. The molecule has 0 saturated heterocycles. The van der Waals surface area contributed by atoms with Crippen molar-refractivity contribution in [3.05, 3.63) is 53.2 Å². The van der Waals surface area contributed by atoms with Gasteiger partial charge < -0.3 is 9.73 Å². The van der Waals surface area contributed by atoms with E-state index >= 15 is 0 Å². The average Bonchev–Trinajstić information content (AvgIpc) is 2.85. The van der Waals surface area contributed by atoms with Crippen LogP contribution < -0.4 is 10.0 Å². The van der Waals surface area contributed by atoms with Gasteiger partial charge in [0.15, 0.2) is 0 Å². The van der Waals surface area contributed by atoms with Gasteiger partial charge in [-0.2, -0.15) is 0 Å². The van der Waals surface area contributed by atoms with Crippen LogP contribution in [0.3, 0.4) is 0 Å². The van der Waals surface area contributed by atoms with E-state index in [2.05, 4.69) is 15.0 Å². The lowest BCUT2D eigenvalue weighted by Crippen LogP contribution is -2.24. The Morgan fingerprint density at radius 3 is 2.38 bits per heavy atom. The number of rotatable bonds is 7. The first-order chi connectivity index (χ1) is 9.98. The topological polar surface area (TPSA) is 84.2 Å². The molecule has 2 N–H and O–H groups in total. The third kappa shape index (κ3) is 4.96. The van der Waals surface area contributed by atoms with Crippen LogP contribution in [-0.4, -0.2) is 20.4 Å². The van der Waals surface area contributed by atoms with Gasteiger partial charge in [-0.25, -0.2) is 18.1 Å². The van der Waals surface area contributed by atoms with Crippen LogP contribution >= 0.6 is 0 Å². The van der Waals surface area contributed by atoms with Crippen LogP contribution in [-0.2, 0) is 28.9 Å². The molecule has 0 radical (unpaired) electrons. The highest BCUT2D eigenvalue weighted by Crippen LogP contribution is 2.09. The van der Waals surface area contributed by atoms with Crippen LogP contribution in [0.5, 0.6) is 0 Å². The fraction of sp³-hybridized carbons (Fsp3) is 0.357. The van der Waals surface area contributed by atoms with E-state index in [-0.39, 0.29) is 12.3 Å².